The Morgan fingerprint density at radius 3 is 2.44 bits per heavy atom. The summed E-state index contributed by atoms with van der Waals surface area (Å²) in [5.74, 6) is -0.351. The molecule has 0 amide bonds. The van der Waals surface area contributed by atoms with Gasteiger partial charge in [0.15, 0.2) is 0 Å². The average molecular weight is 246 g/mol. The van der Waals surface area contributed by atoms with Gasteiger partial charge in [0, 0.05) is 11.0 Å². The lowest BCUT2D eigenvalue weighted by Gasteiger charge is -2.27. The topological polar surface area (TPSA) is 46.5 Å². The SMILES string of the molecule is CC(CSC1CC(C)(C)OC1(C)C)C(=O)O. The third-order valence-corrected chi connectivity index (χ3v) is 4.79. The summed E-state index contributed by atoms with van der Waals surface area (Å²) < 4.78 is 5.97. The standard InChI is InChI=1S/C12H22O3S/c1-8(10(13)14)7-16-9-6-11(2,3)15-12(9,4)5/h8-9H,6-7H2,1-5H3,(H,13,14). The first-order valence-electron chi connectivity index (χ1n) is 5.69. The van der Waals surface area contributed by atoms with Crippen molar-refractivity contribution in [2.24, 2.45) is 5.92 Å². The zero-order chi connectivity index (χ0) is 12.6. The molecular formula is C12H22O3S. The highest BCUT2D eigenvalue weighted by Gasteiger charge is 2.46. The van der Waals surface area contributed by atoms with Gasteiger partial charge in [-0.15, -0.1) is 0 Å². The number of carbonyl (C=O) groups is 1. The van der Waals surface area contributed by atoms with E-state index in [0.29, 0.717) is 11.0 Å². The fraction of sp³-hybridized carbons (Fsp3) is 0.917. The van der Waals surface area contributed by atoms with Crippen molar-refractivity contribution in [3.8, 4) is 0 Å². The molecule has 0 spiro atoms. The number of carboxylic acids is 1. The Balaban J connectivity index is 2.52. The van der Waals surface area contributed by atoms with E-state index in [1.165, 1.54) is 0 Å². The predicted molar refractivity (Wildman–Crippen MR) is 66.9 cm³/mol. The van der Waals surface area contributed by atoms with Gasteiger partial charge in [0.2, 0.25) is 0 Å². The summed E-state index contributed by atoms with van der Waals surface area (Å²) in [5.41, 5.74) is -0.250. The number of carboxylic acid groups (broad SMARTS) is 1. The summed E-state index contributed by atoms with van der Waals surface area (Å²) in [6, 6.07) is 0. The second-order valence-corrected chi connectivity index (χ2v) is 6.97. The third-order valence-electron chi connectivity index (χ3n) is 2.96. The molecule has 0 radical (unpaired) electrons. The van der Waals surface area contributed by atoms with E-state index in [4.69, 9.17) is 9.84 Å². The van der Waals surface area contributed by atoms with E-state index in [-0.39, 0.29) is 17.1 Å². The summed E-state index contributed by atoms with van der Waals surface area (Å²) in [5, 5.41) is 9.22. The number of thioether (sulfide) groups is 1. The van der Waals surface area contributed by atoms with E-state index < -0.39 is 5.97 Å². The van der Waals surface area contributed by atoms with Crippen LogP contribution < -0.4 is 0 Å². The van der Waals surface area contributed by atoms with Gasteiger partial charge in [-0.05, 0) is 34.1 Å². The first-order valence-corrected chi connectivity index (χ1v) is 6.73. The zero-order valence-electron chi connectivity index (χ0n) is 10.7. The lowest BCUT2D eigenvalue weighted by molar-refractivity contribution is -0.140. The van der Waals surface area contributed by atoms with Crippen molar-refractivity contribution in [3.63, 3.8) is 0 Å². The minimum atomic E-state index is -0.719. The van der Waals surface area contributed by atoms with Gasteiger partial charge in [0.25, 0.3) is 0 Å². The van der Waals surface area contributed by atoms with Crippen molar-refractivity contribution in [1.82, 2.24) is 0 Å². The molecule has 1 aliphatic rings. The second kappa shape index (κ2) is 4.57. The van der Waals surface area contributed by atoms with E-state index in [1.54, 1.807) is 18.7 Å². The lowest BCUT2D eigenvalue weighted by Crippen LogP contribution is -2.31. The van der Waals surface area contributed by atoms with Crippen molar-refractivity contribution in [2.75, 3.05) is 5.75 Å². The second-order valence-electron chi connectivity index (χ2n) is 5.73. The van der Waals surface area contributed by atoms with Gasteiger partial charge >= 0.3 is 5.97 Å². The van der Waals surface area contributed by atoms with Crippen LogP contribution in [0.1, 0.15) is 41.0 Å². The molecule has 1 aliphatic heterocycles. The minimum absolute atomic E-state index is 0.0897. The molecule has 0 aromatic carbocycles. The van der Waals surface area contributed by atoms with Gasteiger partial charge in [-0.2, -0.15) is 11.8 Å². The molecule has 1 N–H and O–H groups in total. The van der Waals surface area contributed by atoms with Crippen LogP contribution in [0.25, 0.3) is 0 Å². The Labute approximate surface area is 102 Å². The Bertz CT molecular complexity index is 273. The number of aliphatic carboxylic acids is 1. The quantitative estimate of drug-likeness (QED) is 0.828. The van der Waals surface area contributed by atoms with Crippen LogP contribution in [0.3, 0.4) is 0 Å². The molecule has 1 fully saturated rings. The maximum absolute atomic E-state index is 10.7. The molecule has 0 aliphatic carbocycles. The monoisotopic (exact) mass is 246 g/mol. The number of hydrogen-bond acceptors (Lipinski definition) is 3. The van der Waals surface area contributed by atoms with Crippen LogP contribution in [0.4, 0.5) is 0 Å². The van der Waals surface area contributed by atoms with Gasteiger partial charge in [-0.25, -0.2) is 0 Å². The van der Waals surface area contributed by atoms with Crippen LogP contribution in [-0.2, 0) is 9.53 Å². The molecule has 94 valence electrons. The highest BCUT2D eigenvalue weighted by atomic mass is 32.2. The summed E-state index contributed by atoms with van der Waals surface area (Å²) in [6.45, 7) is 10.1. The molecule has 2 unspecified atom stereocenters. The van der Waals surface area contributed by atoms with Crippen molar-refractivity contribution in [3.05, 3.63) is 0 Å². The molecule has 0 aromatic heterocycles. The molecule has 1 heterocycles. The largest absolute Gasteiger partial charge is 0.481 e. The zero-order valence-corrected chi connectivity index (χ0v) is 11.6. The van der Waals surface area contributed by atoms with Crippen molar-refractivity contribution < 1.29 is 14.6 Å². The normalized spacial score (nSPS) is 28.9. The van der Waals surface area contributed by atoms with Crippen LogP contribution >= 0.6 is 11.8 Å². The molecular weight excluding hydrogens is 224 g/mol. The fourth-order valence-corrected chi connectivity index (χ4v) is 3.74. The van der Waals surface area contributed by atoms with Gasteiger partial charge in [0.05, 0.1) is 17.1 Å². The van der Waals surface area contributed by atoms with Crippen LogP contribution in [-0.4, -0.2) is 33.3 Å². The van der Waals surface area contributed by atoms with Gasteiger partial charge < -0.3 is 9.84 Å². The summed E-state index contributed by atoms with van der Waals surface area (Å²) >= 11 is 1.72. The van der Waals surface area contributed by atoms with Crippen molar-refractivity contribution in [1.29, 1.82) is 0 Å². The third kappa shape index (κ3) is 3.39. The van der Waals surface area contributed by atoms with Crippen LogP contribution in [0, 0.1) is 5.92 Å². The molecule has 0 saturated carbocycles. The van der Waals surface area contributed by atoms with Gasteiger partial charge in [0.1, 0.15) is 0 Å². The highest BCUT2D eigenvalue weighted by molar-refractivity contribution is 8.00. The number of hydrogen-bond donors (Lipinski definition) is 1. The van der Waals surface area contributed by atoms with Gasteiger partial charge in [-0.1, -0.05) is 6.92 Å². The summed E-state index contributed by atoms with van der Waals surface area (Å²) in [6.07, 6.45) is 0.983. The predicted octanol–water partition coefficient (Wildman–Crippen LogP) is 2.79. The van der Waals surface area contributed by atoms with E-state index in [0.717, 1.165) is 6.42 Å². The van der Waals surface area contributed by atoms with Crippen LogP contribution in [0.5, 0.6) is 0 Å². The smallest absolute Gasteiger partial charge is 0.307 e. The van der Waals surface area contributed by atoms with Crippen LogP contribution in [0.2, 0.25) is 0 Å². The van der Waals surface area contributed by atoms with E-state index in [9.17, 15) is 4.79 Å². The minimum Gasteiger partial charge on any atom is -0.481 e. The number of ether oxygens (including phenoxy) is 1. The average Bonchev–Trinajstić information content (AvgIpc) is 2.29. The Kier molecular flexibility index (Phi) is 3.95. The van der Waals surface area contributed by atoms with Crippen LogP contribution in [0.15, 0.2) is 0 Å². The fourth-order valence-electron chi connectivity index (χ4n) is 2.10. The molecule has 3 nitrogen and oxygen atoms in total. The molecule has 2 atom stereocenters. The van der Waals surface area contributed by atoms with Gasteiger partial charge in [-0.3, -0.25) is 4.79 Å². The first kappa shape index (κ1) is 13.8. The Hall–Kier alpha value is -0.220. The summed E-state index contributed by atoms with van der Waals surface area (Å²) in [4.78, 5) is 10.7. The maximum Gasteiger partial charge on any atom is 0.307 e. The first-order chi connectivity index (χ1) is 7.14. The Morgan fingerprint density at radius 1 is 1.50 bits per heavy atom. The highest BCUT2D eigenvalue weighted by Crippen LogP contribution is 2.44. The van der Waals surface area contributed by atoms with E-state index in [2.05, 4.69) is 27.7 Å². The Morgan fingerprint density at radius 2 is 2.06 bits per heavy atom. The molecule has 1 rings (SSSR count). The van der Waals surface area contributed by atoms with Crippen molar-refractivity contribution >= 4 is 17.7 Å². The van der Waals surface area contributed by atoms with E-state index >= 15 is 0 Å². The lowest BCUT2D eigenvalue weighted by atomic mass is 10.0. The maximum atomic E-state index is 10.7. The molecule has 1 saturated heterocycles. The molecule has 4 heteroatoms. The summed E-state index contributed by atoms with van der Waals surface area (Å²) in [7, 11) is 0. The molecule has 0 aromatic rings. The number of rotatable bonds is 4. The van der Waals surface area contributed by atoms with Crippen molar-refractivity contribution in [2.45, 2.75) is 57.5 Å². The molecule has 0 bridgehead atoms. The van der Waals surface area contributed by atoms with E-state index in [1.807, 2.05) is 0 Å². The molecule has 16 heavy (non-hydrogen) atoms.